The van der Waals surface area contributed by atoms with Crippen molar-refractivity contribution in [2.45, 2.75) is 57.7 Å². The molecule has 0 spiro atoms. The topological polar surface area (TPSA) is 111 Å². The Hall–Kier alpha value is -3.76. The summed E-state index contributed by atoms with van der Waals surface area (Å²) in [4.78, 5) is 15.9. The van der Waals surface area contributed by atoms with E-state index in [2.05, 4.69) is 31.0 Å². The molecule has 1 amide bonds. The number of nitrogens with zero attached hydrogens (tertiary/aromatic N) is 6. The summed E-state index contributed by atoms with van der Waals surface area (Å²) in [7, 11) is 1.59. The van der Waals surface area contributed by atoms with Crippen LogP contribution in [0.5, 0.6) is 5.88 Å². The molecule has 0 unspecified atom stereocenters. The van der Waals surface area contributed by atoms with E-state index in [-0.39, 0.29) is 18.0 Å². The highest BCUT2D eigenvalue weighted by molar-refractivity contribution is 5.89. The summed E-state index contributed by atoms with van der Waals surface area (Å²) in [6.07, 6.45) is 5.55. The minimum Gasteiger partial charge on any atom is -0.479 e. The van der Waals surface area contributed by atoms with Crippen LogP contribution in [-0.2, 0) is 4.79 Å². The van der Waals surface area contributed by atoms with Crippen LogP contribution >= 0.6 is 0 Å². The fraction of sp³-hybridized carbons (Fsp3) is 0.458. The number of rotatable bonds is 7. The molecule has 0 radical (unpaired) electrons. The molecule has 1 aliphatic rings. The number of carbonyl (C=O) groups is 1. The summed E-state index contributed by atoms with van der Waals surface area (Å²) in [5.41, 5.74) is 4.02. The monoisotopic (exact) mass is 480 g/mol. The molecule has 0 bridgehead atoms. The van der Waals surface area contributed by atoms with Crippen LogP contribution < -0.4 is 15.4 Å². The Morgan fingerprint density at radius 1 is 1.23 bits per heavy atom. The zero-order valence-electron chi connectivity index (χ0n) is 20.0. The van der Waals surface area contributed by atoms with Gasteiger partial charge in [-0.15, -0.1) is 10.2 Å². The Labute approximate surface area is 201 Å². The van der Waals surface area contributed by atoms with Crippen molar-refractivity contribution in [2.24, 2.45) is 0 Å². The maximum Gasteiger partial charge on any atom is 0.244 e. The average Bonchev–Trinajstić information content (AvgIpc) is 3.48. The standard InChI is InChI=1S/C24H29FN8O2/c1-14(13-25)33-21-12-16(4-9-20(21)29-31-33)19-10-11-32-22(19)23(35-3)28-24(30-32)27-18-7-5-17(6-8-18)26-15(2)34/h4,9-12,14,17-18H,5-8,13H2,1-3H3,(H,26,34)(H,27,30)/t14-,17-,18+/m0/s1. The van der Waals surface area contributed by atoms with Crippen molar-refractivity contribution < 1.29 is 13.9 Å². The Morgan fingerprint density at radius 2 is 2.00 bits per heavy atom. The normalized spacial score (nSPS) is 19.1. The van der Waals surface area contributed by atoms with Crippen LogP contribution in [0.4, 0.5) is 10.3 Å². The largest absolute Gasteiger partial charge is 0.479 e. The van der Waals surface area contributed by atoms with Gasteiger partial charge in [-0.3, -0.25) is 4.79 Å². The Balaban J connectivity index is 1.43. The van der Waals surface area contributed by atoms with Gasteiger partial charge in [0.05, 0.1) is 18.7 Å². The molecule has 0 aliphatic heterocycles. The lowest BCUT2D eigenvalue weighted by Crippen LogP contribution is -2.39. The molecule has 1 atom stereocenters. The maximum absolute atomic E-state index is 13.3. The number of alkyl halides is 1. The van der Waals surface area contributed by atoms with Crippen LogP contribution in [0.15, 0.2) is 30.5 Å². The van der Waals surface area contributed by atoms with Gasteiger partial charge in [-0.2, -0.15) is 4.98 Å². The fourth-order valence-corrected chi connectivity index (χ4v) is 4.78. The second-order valence-corrected chi connectivity index (χ2v) is 9.10. The van der Waals surface area contributed by atoms with Crippen LogP contribution in [-0.4, -0.2) is 61.4 Å². The first-order valence-electron chi connectivity index (χ1n) is 11.8. The van der Waals surface area contributed by atoms with Gasteiger partial charge in [-0.1, -0.05) is 11.3 Å². The molecule has 35 heavy (non-hydrogen) atoms. The lowest BCUT2D eigenvalue weighted by Gasteiger charge is -2.29. The highest BCUT2D eigenvalue weighted by Gasteiger charge is 2.23. The third-order valence-electron chi connectivity index (χ3n) is 6.56. The van der Waals surface area contributed by atoms with Crippen LogP contribution in [0.25, 0.3) is 27.7 Å². The second-order valence-electron chi connectivity index (χ2n) is 9.10. The molecule has 11 heteroatoms. The van der Waals surface area contributed by atoms with Gasteiger partial charge in [0, 0.05) is 30.8 Å². The first kappa shape index (κ1) is 23.0. The molecule has 184 valence electrons. The van der Waals surface area contributed by atoms with E-state index in [0.29, 0.717) is 17.3 Å². The minimum atomic E-state index is -0.524. The molecule has 5 rings (SSSR count). The maximum atomic E-state index is 13.3. The number of fused-ring (bicyclic) bond motifs is 2. The number of carbonyl (C=O) groups excluding carboxylic acids is 1. The van der Waals surface area contributed by atoms with Crippen molar-refractivity contribution in [3.63, 3.8) is 0 Å². The molecule has 1 aliphatic carbocycles. The van der Waals surface area contributed by atoms with Gasteiger partial charge in [-0.25, -0.2) is 13.6 Å². The highest BCUT2D eigenvalue weighted by atomic mass is 19.1. The molecule has 0 saturated heterocycles. The first-order valence-corrected chi connectivity index (χ1v) is 11.8. The van der Waals surface area contributed by atoms with Crippen LogP contribution in [0.3, 0.4) is 0 Å². The number of ether oxygens (including phenoxy) is 1. The molecule has 4 aromatic rings. The second kappa shape index (κ2) is 9.47. The zero-order chi connectivity index (χ0) is 24.5. The lowest BCUT2D eigenvalue weighted by atomic mass is 9.91. The fourth-order valence-electron chi connectivity index (χ4n) is 4.78. The van der Waals surface area contributed by atoms with Crippen molar-refractivity contribution in [1.29, 1.82) is 0 Å². The highest BCUT2D eigenvalue weighted by Crippen LogP contribution is 2.33. The van der Waals surface area contributed by atoms with Crippen LogP contribution in [0, 0.1) is 0 Å². The molecule has 10 nitrogen and oxygen atoms in total. The van der Waals surface area contributed by atoms with E-state index in [9.17, 15) is 9.18 Å². The number of amides is 1. The lowest BCUT2D eigenvalue weighted by molar-refractivity contribution is -0.119. The van der Waals surface area contributed by atoms with E-state index in [1.54, 1.807) is 30.2 Å². The summed E-state index contributed by atoms with van der Waals surface area (Å²) in [6.45, 7) is 2.80. The summed E-state index contributed by atoms with van der Waals surface area (Å²) in [5, 5.41) is 19.4. The smallest absolute Gasteiger partial charge is 0.244 e. The van der Waals surface area contributed by atoms with E-state index in [1.807, 2.05) is 30.5 Å². The van der Waals surface area contributed by atoms with E-state index in [4.69, 9.17) is 4.74 Å². The van der Waals surface area contributed by atoms with Gasteiger partial charge in [0.2, 0.25) is 17.7 Å². The number of benzene rings is 1. The van der Waals surface area contributed by atoms with E-state index >= 15 is 0 Å². The van der Waals surface area contributed by atoms with E-state index in [1.165, 1.54) is 0 Å². The SMILES string of the molecule is COc1nc(N[C@H]2CC[C@@H](NC(C)=O)CC2)nn2ccc(-c3ccc4nnn([C@@H](C)CF)c4c3)c12. The van der Waals surface area contributed by atoms with Crippen LogP contribution in [0.1, 0.15) is 45.6 Å². The molecule has 3 aromatic heterocycles. The van der Waals surface area contributed by atoms with Crippen molar-refractivity contribution in [3.05, 3.63) is 30.5 Å². The number of hydrogen-bond acceptors (Lipinski definition) is 7. The molecule has 1 saturated carbocycles. The quantitative estimate of drug-likeness (QED) is 0.416. The molecule has 2 N–H and O–H groups in total. The number of hydrogen-bond donors (Lipinski definition) is 2. The number of methoxy groups -OCH3 is 1. The number of nitrogens with one attached hydrogen (secondary N) is 2. The van der Waals surface area contributed by atoms with Crippen molar-refractivity contribution in [2.75, 3.05) is 19.1 Å². The summed E-state index contributed by atoms with van der Waals surface area (Å²) >= 11 is 0. The predicted octanol–water partition coefficient (Wildman–Crippen LogP) is 3.54. The van der Waals surface area contributed by atoms with Crippen molar-refractivity contribution in [1.82, 2.24) is 34.9 Å². The Bertz CT molecular complexity index is 1360. The van der Waals surface area contributed by atoms with Gasteiger partial charge in [0.15, 0.2) is 0 Å². The Kier molecular flexibility index (Phi) is 6.23. The van der Waals surface area contributed by atoms with Gasteiger partial charge in [0.25, 0.3) is 0 Å². The zero-order valence-corrected chi connectivity index (χ0v) is 20.0. The van der Waals surface area contributed by atoms with Crippen molar-refractivity contribution >= 4 is 28.4 Å². The molecule has 1 fully saturated rings. The molecular formula is C24H29FN8O2. The predicted molar refractivity (Wildman–Crippen MR) is 130 cm³/mol. The van der Waals surface area contributed by atoms with Crippen LogP contribution in [0.2, 0.25) is 0 Å². The van der Waals surface area contributed by atoms with Gasteiger partial charge >= 0.3 is 0 Å². The average molecular weight is 481 g/mol. The van der Waals surface area contributed by atoms with Gasteiger partial charge < -0.3 is 15.4 Å². The van der Waals surface area contributed by atoms with Gasteiger partial charge in [-0.05, 0) is 56.4 Å². The summed E-state index contributed by atoms with van der Waals surface area (Å²) in [6, 6.07) is 7.80. The minimum absolute atomic E-state index is 0.0140. The molecular weight excluding hydrogens is 451 g/mol. The number of halogens is 1. The third kappa shape index (κ3) is 4.50. The summed E-state index contributed by atoms with van der Waals surface area (Å²) in [5.74, 6) is 0.965. The summed E-state index contributed by atoms with van der Waals surface area (Å²) < 4.78 is 22.3. The first-order chi connectivity index (χ1) is 17.0. The number of aromatic nitrogens is 6. The van der Waals surface area contributed by atoms with E-state index < -0.39 is 12.7 Å². The van der Waals surface area contributed by atoms with Crippen molar-refractivity contribution in [3.8, 4) is 17.0 Å². The molecule has 1 aromatic carbocycles. The molecule has 3 heterocycles. The van der Waals surface area contributed by atoms with E-state index in [0.717, 1.165) is 47.8 Å². The third-order valence-corrected chi connectivity index (χ3v) is 6.56. The number of anilines is 1. The van der Waals surface area contributed by atoms with Gasteiger partial charge in [0.1, 0.15) is 17.7 Å². The Morgan fingerprint density at radius 3 is 2.71 bits per heavy atom.